The summed E-state index contributed by atoms with van der Waals surface area (Å²) in [6.45, 7) is 2.08. The molecule has 1 heterocycles. The van der Waals surface area contributed by atoms with Gasteiger partial charge < -0.3 is 4.42 Å². The Balaban J connectivity index is 1.74. The molecule has 0 aliphatic heterocycles. The molecule has 3 N–H and O–H groups in total. The zero-order valence-electron chi connectivity index (χ0n) is 11.9. The van der Waals surface area contributed by atoms with Crippen LogP contribution in [-0.2, 0) is 0 Å². The van der Waals surface area contributed by atoms with Gasteiger partial charge in [0.05, 0.1) is 6.04 Å². The molecule has 0 saturated heterocycles. The van der Waals surface area contributed by atoms with Crippen LogP contribution in [0.5, 0.6) is 0 Å². The Bertz CT molecular complexity index is 575. The van der Waals surface area contributed by atoms with Crippen molar-refractivity contribution in [2.24, 2.45) is 5.84 Å². The normalized spacial score (nSPS) is 17.9. The van der Waals surface area contributed by atoms with Gasteiger partial charge in [0.1, 0.15) is 11.3 Å². The van der Waals surface area contributed by atoms with Crippen LogP contribution in [0.3, 0.4) is 0 Å². The number of hydrazine groups is 1. The fourth-order valence-electron chi connectivity index (χ4n) is 2.90. The van der Waals surface area contributed by atoms with Crippen molar-refractivity contribution in [3.63, 3.8) is 0 Å². The first kappa shape index (κ1) is 14.0. The van der Waals surface area contributed by atoms with E-state index < -0.39 is 0 Å². The van der Waals surface area contributed by atoms with E-state index in [1.807, 2.05) is 11.8 Å². The molecule has 1 unspecified atom stereocenters. The molecule has 20 heavy (non-hydrogen) atoms. The number of hydrogen-bond donors (Lipinski definition) is 2. The van der Waals surface area contributed by atoms with Gasteiger partial charge in [-0.2, -0.15) is 11.8 Å². The molecule has 108 valence electrons. The topological polar surface area (TPSA) is 51.2 Å². The third kappa shape index (κ3) is 2.87. The van der Waals surface area contributed by atoms with Gasteiger partial charge >= 0.3 is 0 Å². The summed E-state index contributed by atoms with van der Waals surface area (Å²) in [6, 6.07) is 8.44. The molecule has 0 bridgehead atoms. The highest BCUT2D eigenvalue weighted by atomic mass is 32.2. The van der Waals surface area contributed by atoms with Gasteiger partial charge in [-0.1, -0.05) is 31.0 Å². The first-order valence-corrected chi connectivity index (χ1v) is 8.39. The van der Waals surface area contributed by atoms with E-state index in [9.17, 15) is 0 Å². The van der Waals surface area contributed by atoms with Crippen molar-refractivity contribution in [2.75, 3.05) is 5.75 Å². The van der Waals surface area contributed by atoms with Gasteiger partial charge in [0, 0.05) is 16.4 Å². The highest BCUT2D eigenvalue weighted by molar-refractivity contribution is 7.99. The van der Waals surface area contributed by atoms with Gasteiger partial charge in [-0.05, 0) is 31.4 Å². The van der Waals surface area contributed by atoms with Crippen molar-refractivity contribution < 1.29 is 4.42 Å². The smallest absolute Gasteiger partial charge is 0.137 e. The third-order valence-corrected chi connectivity index (χ3v) is 5.57. The zero-order chi connectivity index (χ0) is 13.9. The highest BCUT2D eigenvalue weighted by Gasteiger charge is 2.20. The molecule has 1 aliphatic rings. The minimum Gasteiger partial charge on any atom is -0.459 e. The quantitative estimate of drug-likeness (QED) is 0.647. The lowest BCUT2D eigenvalue weighted by molar-refractivity contribution is 0.462. The highest BCUT2D eigenvalue weighted by Crippen LogP contribution is 2.33. The monoisotopic (exact) mass is 290 g/mol. The van der Waals surface area contributed by atoms with Crippen LogP contribution >= 0.6 is 11.8 Å². The van der Waals surface area contributed by atoms with Crippen molar-refractivity contribution in [3.05, 3.63) is 35.6 Å². The fraction of sp³-hybridized carbons (Fsp3) is 0.500. The largest absolute Gasteiger partial charge is 0.459 e. The molecule has 1 aromatic carbocycles. The summed E-state index contributed by atoms with van der Waals surface area (Å²) in [5, 5.41) is 1.96. The second-order valence-corrected chi connectivity index (χ2v) is 6.93. The number of nitrogens with one attached hydrogen (secondary N) is 1. The van der Waals surface area contributed by atoms with Crippen molar-refractivity contribution in [2.45, 2.75) is 43.9 Å². The first-order chi connectivity index (χ1) is 9.78. The Hall–Kier alpha value is -0.970. The van der Waals surface area contributed by atoms with Crippen LogP contribution in [0.15, 0.2) is 28.7 Å². The summed E-state index contributed by atoms with van der Waals surface area (Å²) in [6.07, 6.45) is 5.45. The van der Waals surface area contributed by atoms with Gasteiger partial charge in [0.25, 0.3) is 0 Å². The van der Waals surface area contributed by atoms with Gasteiger partial charge in [0.2, 0.25) is 0 Å². The number of aryl methyl sites for hydroxylation is 1. The third-order valence-electron chi connectivity index (χ3n) is 4.11. The van der Waals surface area contributed by atoms with Gasteiger partial charge in [-0.25, -0.2) is 5.43 Å². The first-order valence-electron chi connectivity index (χ1n) is 7.34. The Kier molecular flexibility index (Phi) is 4.34. The Labute approximate surface area is 124 Å². The summed E-state index contributed by atoms with van der Waals surface area (Å²) in [7, 11) is 0. The van der Waals surface area contributed by atoms with E-state index in [2.05, 4.69) is 36.6 Å². The van der Waals surface area contributed by atoms with Crippen LogP contribution in [0.4, 0.5) is 0 Å². The Morgan fingerprint density at radius 1 is 1.40 bits per heavy atom. The fourth-order valence-corrected chi connectivity index (χ4v) is 4.29. The lowest BCUT2D eigenvalue weighted by Crippen LogP contribution is -2.29. The van der Waals surface area contributed by atoms with Gasteiger partial charge in [0.15, 0.2) is 0 Å². The number of rotatable bonds is 5. The van der Waals surface area contributed by atoms with Gasteiger partial charge in [-0.15, -0.1) is 0 Å². The summed E-state index contributed by atoms with van der Waals surface area (Å²) in [5.41, 5.74) is 5.06. The van der Waals surface area contributed by atoms with Crippen LogP contribution in [0.2, 0.25) is 0 Å². The van der Waals surface area contributed by atoms with Crippen LogP contribution < -0.4 is 11.3 Å². The van der Waals surface area contributed by atoms with Crippen LogP contribution in [0.25, 0.3) is 11.0 Å². The van der Waals surface area contributed by atoms with E-state index >= 15 is 0 Å². The molecule has 1 aromatic heterocycles. The van der Waals surface area contributed by atoms with E-state index in [4.69, 9.17) is 10.3 Å². The van der Waals surface area contributed by atoms with Crippen LogP contribution in [0, 0.1) is 6.92 Å². The second kappa shape index (κ2) is 6.20. The predicted molar refractivity (Wildman–Crippen MR) is 85.7 cm³/mol. The molecule has 2 aromatic rings. The van der Waals surface area contributed by atoms with Gasteiger partial charge in [-0.3, -0.25) is 5.84 Å². The maximum Gasteiger partial charge on any atom is 0.137 e. The zero-order valence-corrected chi connectivity index (χ0v) is 12.7. The molecule has 1 saturated carbocycles. The standard InChI is InChI=1S/C16H22N2OS/c1-11-5-4-6-12-9-15(19-16(11)12)14(18-17)10-20-13-7-2-3-8-13/h4-6,9,13-14,18H,2-3,7-8,10,17H2,1H3. The van der Waals surface area contributed by atoms with Crippen molar-refractivity contribution >= 4 is 22.7 Å². The number of para-hydroxylation sites is 1. The molecule has 3 nitrogen and oxygen atoms in total. The van der Waals surface area contributed by atoms with Crippen LogP contribution in [0.1, 0.15) is 43.0 Å². The number of fused-ring (bicyclic) bond motifs is 1. The number of hydrogen-bond acceptors (Lipinski definition) is 4. The lowest BCUT2D eigenvalue weighted by atomic mass is 10.1. The minimum atomic E-state index is 0.0902. The lowest BCUT2D eigenvalue weighted by Gasteiger charge is -2.15. The molecule has 0 radical (unpaired) electrons. The van der Waals surface area contributed by atoms with E-state index in [-0.39, 0.29) is 6.04 Å². The maximum atomic E-state index is 6.01. The van der Waals surface area contributed by atoms with E-state index in [0.29, 0.717) is 0 Å². The predicted octanol–water partition coefficient (Wildman–Crippen LogP) is 3.92. The molecule has 1 fully saturated rings. The molecule has 0 spiro atoms. The number of nitrogens with two attached hydrogens (primary N) is 1. The number of benzene rings is 1. The van der Waals surface area contributed by atoms with Crippen molar-refractivity contribution in [3.8, 4) is 0 Å². The summed E-state index contributed by atoms with van der Waals surface area (Å²) in [5.74, 6) is 7.64. The molecule has 1 atom stereocenters. The minimum absolute atomic E-state index is 0.0902. The van der Waals surface area contributed by atoms with E-state index in [1.165, 1.54) is 31.2 Å². The number of thioether (sulfide) groups is 1. The van der Waals surface area contributed by atoms with Crippen LogP contribution in [-0.4, -0.2) is 11.0 Å². The van der Waals surface area contributed by atoms with E-state index in [1.54, 1.807) is 0 Å². The molecule has 4 heteroatoms. The molecular formula is C16H22N2OS. The maximum absolute atomic E-state index is 6.01. The summed E-state index contributed by atoms with van der Waals surface area (Å²) < 4.78 is 6.01. The molecular weight excluding hydrogens is 268 g/mol. The average molecular weight is 290 g/mol. The molecule has 0 amide bonds. The van der Waals surface area contributed by atoms with Crippen molar-refractivity contribution in [1.29, 1.82) is 0 Å². The summed E-state index contributed by atoms with van der Waals surface area (Å²) >= 11 is 2.02. The Morgan fingerprint density at radius 3 is 2.90 bits per heavy atom. The SMILES string of the molecule is Cc1cccc2cc(C(CSC3CCCC3)NN)oc12. The Morgan fingerprint density at radius 2 is 2.20 bits per heavy atom. The second-order valence-electron chi connectivity index (χ2n) is 5.60. The molecule has 1 aliphatic carbocycles. The van der Waals surface area contributed by atoms with Crippen molar-refractivity contribution in [1.82, 2.24) is 5.43 Å². The molecule has 3 rings (SSSR count). The van der Waals surface area contributed by atoms with E-state index in [0.717, 1.165) is 27.7 Å². The summed E-state index contributed by atoms with van der Waals surface area (Å²) in [4.78, 5) is 0. The average Bonchev–Trinajstić information content (AvgIpc) is 3.09. The number of furan rings is 1.